The zero-order valence-corrected chi connectivity index (χ0v) is 76.9. The second-order valence-corrected chi connectivity index (χ2v) is 36.0. The first-order valence-corrected chi connectivity index (χ1v) is 45.6. The lowest BCUT2D eigenvalue weighted by Crippen LogP contribution is -2.51. The molecule has 7 fully saturated rings. The Morgan fingerprint density at radius 3 is 1.01 bits per heavy atom. The average molecular weight is 2010 g/mol. The van der Waals surface area contributed by atoms with Crippen LogP contribution in [0.4, 0.5) is 94.9 Å². The van der Waals surface area contributed by atoms with Crippen molar-refractivity contribution in [3.8, 4) is 57.6 Å². The van der Waals surface area contributed by atoms with Crippen LogP contribution in [0.3, 0.4) is 0 Å². The number of primary amides is 3. The van der Waals surface area contributed by atoms with Gasteiger partial charge in [-0.05, 0) is 115 Å². The third-order valence-corrected chi connectivity index (χ3v) is 26.7. The summed E-state index contributed by atoms with van der Waals surface area (Å²) in [6.45, 7) is 15.5. The molecule has 7 aliphatic heterocycles. The number of halogens is 15. The Balaban J connectivity index is 0.000000118. The van der Waals surface area contributed by atoms with Crippen LogP contribution in [0.1, 0.15) is 114 Å². The van der Waals surface area contributed by atoms with Gasteiger partial charge < -0.3 is 51.2 Å². The van der Waals surface area contributed by atoms with Gasteiger partial charge in [-0.3, -0.25) is 36.4 Å². The normalized spacial score (nSPS) is 21.6. The molecule has 1 spiro atoms. The van der Waals surface area contributed by atoms with Crippen molar-refractivity contribution in [3.63, 3.8) is 0 Å². The number of nitrogens with two attached hydrogens (primary N) is 3. The number of aromatic nitrogens is 25. The van der Waals surface area contributed by atoms with Crippen molar-refractivity contribution < 1.29 is 89.7 Å². The fourth-order valence-corrected chi connectivity index (χ4v) is 19.2. The third-order valence-electron chi connectivity index (χ3n) is 26.7. The summed E-state index contributed by atoms with van der Waals surface area (Å²) >= 11 is 0. The van der Waals surface area contributed by atoms with Crippen molar-refractivity contribution in [2.45, 2.75) is 141 Å². The molecule has 15 aromatic rings. The smallest absolute Gasteiger partial charge is 0.381 e. The van der Waals surface area contributed by atoms with Gasteiger partial charge in [0.2, 0.25) is 17.7 Å². The predicted molar refractivity (Wildman–Crippen MR) is 485 cm³/mol. The predicted octanol–water partition coefficient (Wildman–Crippen LogP) is 12.8. The van der Waals surface area contributed by atoms with Gasteiger partial charge in [0, 0.05) is 150 Å². The largest absolute Gasteiger partial charge is 0.434 e. The van der Waals surface area contributed by atoms with E-state index in [1.54, 1.807) is 36.7 Å². The zero-order valence-electron chi connectivity index (χ0n) is 76.9. The Morgan fingerprint density at radius 1 is 0.354 bits per heavy atom. The number of fused-ring (bicyclic) bond motifs is 6. The summed E-state index contributed by atoms with van der Waals surface area (Å²) in [5, 5.41) is 0. The minimum atomic E-state index is -4.58. The lowest BCUT2D eigenvalue weighted by atomic mass is 9.79. The van der Waals surface area contributed by atoms with E-state index in [0.29, 0.717) is 114 Å². The van der Waals surface area contributed by atoms with E-state index < -0.39 is 59.4 Å². The van der Waals surface area contributed by atoms with Gasteiger partial charge in [-0.1, -0.05) is 6.92 Å². The first kappa shape index (κ1) is 98.9. The van der Waals surface area contributed by atoms with Gasteiger partial charge in [0.1, 0.15) is 57.6 Å². The van der Waals surface area contributed by atoms with Crippen molar-refractivity contribution in [1.82, 2.24) is 122 Å². The molecule has 38 nitrogen and oxygen atoms in total. The lowest BCUT2D eigenvalue weighted by molar-refractivity contribution is -0.142. The van der Waals surface area contributed by atoms with Crippen LogP contribution in [0, 0.1) is 35.0 Å². The van der Waals surface area contributed by atoms with E-state index >= 15 is 0 Å². The molecule has 0 saturated carbocycles. The topological polar surface area (TPSA) is 444 Å². The number of anilines is 5. The Bertz CT molecular complexity index is 7050. The van der Waals surface area contributed by atoms with Crippen LogP contribution in [-0.4, -0.2) is 229 Å². The first-order chi connectivity index (χ1) is 68.6. The Hall–Kier alpha value is -15.2. The molecule has 3 amide bonds. The number of hydrogen-bond acceptors (Lipinski definition) is 30. The summed E-state index contributed by atoms with van der Waals surface area (Å²) in [5.74, 6) is 3.30. The molecule has 144 heavy (non-hydrogen) atoms. The first-order valence-electron chi connectivity index (χ1n) is 45.6. The molecule has 7 aliphatic rings. The highest BCUT2D eigenvalue weighted by Gasteiger charge is 2.45. The van der Waals surface area contributed by atoms with E-state index in [0.717, 1.165) is 158 Å². The summed E-state index contributed by atoms with van der Waals surface area (Å²) < 4.78 is 213. The van der Waals surface area contributed by atoms with Crippen molar-refractivity contribution >= 4 is 75.0 Å². The van der Waals surface area contributed by atoms with E-state index in [2.05, 4.69) is 109 Å². The second kappa shape index (κ2) is 39.6. The number of hydrogen-bond donors (Lipinski definition) is 3. The van der Waals surface area contributed by atoms with Crippen LogP contribution < -0.4 is 41.7 Å². The molecule has 22 rings (SSSR count). The lowest BCUT2D eigenvalue weighted by Gasteiger charge is -2.41. The van der Waals surface area contributed by atoms with Gasteiger partial charge in [0.25, 0.3) is 0 Å². The highest BCUT2D eigenvalue weighted by Crippen LogP contribution is 2.43. The van der Waals surface area contributed by atoms with Crippen molar-refractivity contribution in [1.29, 1.82) is 0 Å². The zero-order chi connectivity index (χ0) is 102. The summed E-state index contributed by atoms with van der Waals surface area (Å²) in [5.41, 5.74) is 14.8. The van der Waals surface area contributed by atoms with Crippen molar-refractivity contribution in [2.24, 2.45) is 52.2 Å². The molecule has 22 heterocycles. The maximum absolute atomic E-state index is 13.1. The quantitative estimate of drug-likeness (QED) is 0.0902. The minimum absolute atomic E-state index is 0.146. The Kier molecular flexibility index (Phi) is 27.2. The van der Waals surface area contributed by atoms with Gasteiger partial charge in [-0.2, -0.15) is 65.9 Å². The number of ether oxygens (including phenoxy) is 2. The van der Waals surface area contributed by atoms with Gasteiger partial charge in [-0.25, -0.2) is 99.7 Å². The maximum atomic E-state index is 13.1. The number of carbonyl (C=O) groups is 3. The molecule has 754 valence electrons. The van der Waals surface area contributed by atoms with Crippen LogP contribution in [0.2, 0.25) is 0 Å². The minimum Gasteiger partial charge on any atom is -0.381 e. The van der Waals surface area contributed by atoms with Crippen LogP contribution in [0.5, 0.6) is 0 Å². The van der Waals surface area contributed by atoms with Crippen LogP contribution in [0.25, 0.3) is 85.8 Å². The SMILES string of the molecule is CC1C(C(N)=O)CCCN1c1ccnc(-c2cnc3cnc(C(F)(F)F)cn23)n1.CC1C(C(N)=O)CCCN1c1ccnc(-c2cnc3cnc(C(F)(F)F)cn23)n1.CC1CC(C(N)=O)C(C)N(c2ccnc(-c3cnc4cnc(C(F)(F)F)cn34)n2)C1.FC(F)(F)c1cn2c(-c3nccc(N4CC5CCOC5C4)n3)cnc2cn1.FC(F)(F)c1cn2c(-c3nccc(N4CCCC5(CCOC5)C4)n3)cnc2cn1. The van der Waals surface area contributed by atoms with E-state index in [-0.39, 0.29) is 105 Å². The van der Waals surface area contributed by atoms with Gasteiger partial charge >= 0.3 is 30.9 Å². The molecule has 0 aliphatic carbocycles. The fourth-order valence-electron chi connectivity index (χ4n) is 19.2. The molecule has 0 radical (unpaired) electrons. The highest BCUT2D eigenvalue weighted by molar-refractivity contribution is 5.80. The van der Waals surface area contributed by atoms with E-state index in [1.807, 2.05) is 48.5 Å². The van der Waals surface area contributed by atoms with Crippen LogP contribution in [0.15, 0.2) is 154 Å². The Morgan fingerprint density at radius 2 is 0.681 bits per heavy atom. The van der Waals surface area contributed by atoms with Gasteiger partial charge in [0.15, 0.2) is 85.8 Å². The average Bonchev–Trinajstić information content (AvgIpc) is 1.37. The van der Waals surface area contributed by atoms with E-state index in [4.69, 9.17) is 26.7 Å². The molecular weight excluding hydrogens is 1920 g/mol. The summed E-state index contributed by atoms with van der Waals surface area (Å²) in [6.07, 6.45) is 10.2. The molecule has 7 saturated heterocycles. The standard InChI is InChI=1S/C19H20F3N7O.C19H19F3N6O.2C18H18F3N7O.C17H15F3N6O/c1-10-5-12(17(23)30)11(2)28(8-10)15-3-4-24-18(27-15)13-6-26-16-7-25-14(9-29(13)16)19(20,21)22;20-19(21,22)14-10-28-13(8-25-16(28)9-24-14)17-23-5-2-15(26-17)27-6-1-3-18(11-27)4-7-29-12-18;2*1-10-11(16(22)29)3-2-6-27(10)14-4-5-23-17(26-14)12-7-25-15-8-24-13(9-28(12)15)18(19,20)21;18-17(19,20)13-9-26-11(5-23-15(26)6-22-13)16-21-3-1-14(24-16)25-7-10-2-4-27-12(10)8-25/h3-4,6-7,9-12H,5,8H2,1-2H3,(H2,23,30);2,5,8-10H,1,3-4,6-7,11-12H2;2*4-5,7-11H,2-3,6H2,1H3,(H2,22,29);1,3,5-6,9-10,12H,2,4,7-8H2. The summed E-state index contributed by atoms with van der Waals surface area (Å²) in [6, 6.07) is 8.30. The second-order valence-electron chi connectivity index (χ2n) is 36.0. The number of piperidine rings is 4. The van der Waals surface area contributed by atoms with E-state index in [1.165, 1.54) is 71.6 Å². The molecule has 15 aromatic heterocycles. The Labute approximate surface area is 806 Å². The van der Waals surface area contributed by atoms with E-state index in [9.17, 15) is 80.2 Å². The summed E-state index contributed by atoms with van der Waals surface area (Å²) in [4.78, 5) is 127. The molecule has 6 N–H and O–H groups in total. The molecular formula is C91H90F15N33O5. The van der Waals surface area contributed by atoms with Crippen LogP contribution in [-0.2, 0) is 54.7 Å². The van der Waals surface area contributed by atoms with Gasteiger partial charge in [0.05, 0.1) is 92.4 Å². The van der Waals surface area contributed by atoms with Crippen molar-refractivity contribution in [2.75, 3.05) is 90.1 Å². The molecule has 0 aromatic carbocycles. The highest BCUT2D eigenvalue weighted by atomic mass is 19.4. The third kappa shape index (κ3) is 20.9. The number of rotatable bonds is 13. The molecule has 53 heteroatoms. The molecule has 10 unspecified atom stereocenters. The number of amides is 3. The number of alkyl halides is 15. The number of nitrogens with zero attached hydrogens (tertiary/aromatic N) is 30. The summed E-state index contributed by atoms with van der Waals surface area (Å²) in [7, 11) is 0. The monoisotopic (exact) mass is 2010 g/mol. The molecule has 0 bridgehead atoms. The number of imidazole rings is 5. The van der Waals surface area contributed by atoms with Crippen molar-refractivity contribution in [3.05, 3.63) is 183 Å². The molecule has 10 atom stereocenters. The van der Waals surface area contributed by atoms with Gasteiger partial charge in [-0.15, -0.1) is 0 Å². The maximum Gasteiger partial charge on any atom is 0.434 e. The van der Waals surface area contributed by atoms with Crippen LogP contribution >= 0.6 is 0 Å². The fraction of sp³-hybridized carbons (Fsp3) is 0.418. The number of carbonyl (C=O) groups excluding carboxylic acids is 3.